The fraction of sp³-hybridized carbons (Fsp3) is 0.793. The third-order valence-electron chi connectivity index (χ3n) is 17.5. The Morgan fingerprint density at radius 2 is 0.670 bits per heavy atom. The minimum absolute atomic E-state index is 0.0555. The molecule has 0 aliphatic heterocycles. The highest BCUT2D eigenvalue weighted by Crippen LogP contribution is 2.43. The molecule has 8 nitrogen and oxygen atoms in total. The Balaban J connectivity index is 3.99. The van der Waals surface area contributed by atoms with Gasteiger partial charge in [0.2, 0.25) is 5.91 Å². The summed E-state index contributed by atoms with van der Waals surface area (Å²) in [7, 11) is 1.56. The van der Waals surface area contributed by atoms with Gasteiger partial charge < -0.3 is 19.8 Å². The van der Waals surface area contributed by atoms with Gasteiger partial charge in [0, 0.05) is 6.42 Å². The molecule has 0 radical (unpaired) electrons. The van der Waals surface area contributed by atoms with E-state index in [1.54, 1.807) is 6.08 Å². The maximum Gasteiger partial charge on any atom is 0.472 e. The van der Waals surface area contributed by atoms with Gasteiger partial charge >= 0.3 is 7.82 Å². The van der Waals surface area contributed by atoms with Crippen LogP contribution in [0.1, 0.15) is 367 Å². The monoisotopic (exact) mass is 1290 g/mol. The molecule has 0 fully saturated rings. The molecule has 0 aromatic heterocycles. The molecule has 0 saturated heterocycles. The van der Waals surface area contributed by atoms with Crippen molar-refractivity contribution >= 4 is 13.7 Å². The second-order valence-electron chi connectivity index (χ2n) is 27.7. The van der Waals surface area contributed by atoms with Gasteiger partial charge in [0.05, 0.1) is 39.9 Å². The van der Waals surface area contributed by atoms with E-state index in [9.17, 15) is 19.4 Å². The summed E-state index contributed by atoms with van der Waals surface area (Å²) in [5.74, 6) is -0.182. The number of unbranched alkanes of at least 4 members (excludes halogenated alkanes) is 45. The van der Waals surface area contributed by atoms with Crippen molar-refractivity contribution < 1.29 is 32.9 Å². The van der Waals surface area contributed by atoms with Crippen LogP contribution >= 0.6 is 7.82 Å². The number of likely N-dealkylation sites (N-methyl/N-ethyl adjacent to an activating group) is 1. The van der Waals surface area contributed by atoms with Gasteiger partial charge in [0.1, 0.15) is 13.2 Å². The summed E-state index contributed by atoms with van der Waals surface area (Å²) in [5.41, 5.74) is 0. The summed E-state index contributed by atoms with van der Waals surface area (Å²) in [6, 6.07) is -0.868. The van der Waals surface area contributed by atoms with Gasteiger partial charge in [-0.2, -0.15) is 0 Å². The van der Waals surface area contributed by atoms with Gasteiger partial charge in [-0.25, -0.2) is 4.57 Å². The topological polar surface area (TPSA) is 105 Å². The summed E-state index contributed by atoms with van der Waals surface area (Å²) < 4.78 is 23.9. The molecule has 0 saturated carbocycles. The zero-order valence-electron chi connectivity index (χ0n) is 60.8. The number of aliphatic hydroxyl groups is 1. The Kier molecular flexibility index (Phi) is 69.7. The first-order valence-corrected chi connectivity index (χ1v) is 40.6. The van der Waals surface area contributed by atoms with Crippen LogP contribution in [-0.4, -0.2) is 73.4 Å². The van der Waals surface area contributed by atoms with Crippen LogP contribution in [0.15, 0.2) is 97.2 Å². The van der Waals surface area contributed by atoms with Crippen molar-refractivity contribution in [3.63, 3.8) is 0 Å². The fourth-order valence-electron chi connectivity index (χ4n) is 11.5. The molecule has 3 N–H and O–H groups in total. The Bertz CT molecular complexity index is 1810. The Labute approximate surface area is 566 Å². The van der Waals surface area contributed by atoms with Gasteiger partial charge in [-0.1, -0.05) is 374 Å². The molecule has 1 amide bonds. The lowest BCUT2D eigenvalue weighted by molar-refractivity contribution is -0.870. The highest BCUT2D eigenvalue weighted by molar-refractivity contribution is 7.47. The Morgan fingerprint density at radius 3 is 1.01 bits per heavy atom. The van der Waals surface area contributed by atoms with E-state index in [1.165, 1.54) is 270 Å². The molecule has 0 spiro atoms. The maximum absolute atomic E-state index is 13.1. The minimum Gasteiger partial charge on any atom is -0.387 e. The van der Waals surface area contributed by atoms with Crippen LogP contribution in [0.25, 0.3) is 0 Å². The summed E-state index contributed by atoms with van der Waals surface area (Å²) in [6.45, 7) is 4.73. The van der Waals surface area contributed by atoms with Crippen LogP contribution in [-0.2, 0) is 18.4 Å². The lowest BCUT2D eigenvalue weighted by Gasteiger charge is -2.25. The number of carbonyl (C=O) groups is 1. The summed E-state index contributed by atoms with van der Waals surface area (Å²) in [4.78, 5) is 23.5. The van der Waals surface area contributed by atoms with E-state index in [2.05, 4.69) is 104 Å². The van der Waals surface area contributed by atoms with Crippen LogP contribution < -0.4 is 5.32 Å². The van der Waals surface area contributed by atoms with E-state index < -0.39 is 20.0 Å². The van der Waals surface area contributed by atoms with E-state index in [0.717, 1.165) is 77.0 Å². The third-order valence-corrected chi connectivity index (χ3v) is 18.5. The first-order chi connectivity index (χ1) is 44.5. The molecule has 0 aliphatic carbocycles. The van der Waals surface area contributed by atoms with Crippen molar-refractivity contribution in [2.24, 2.45) is 0 Å². The number of phosphoric acid groups is 1. The molecule has 91 heavy (non-hydrogen) atoms. The lowest BCUT2D eigenvalue weighted by atomic mass is 10.0. The van der Waals surface area contributed by atoms with Crippen molar-refractivity contribution in [2.75, 3.05) is 40.9 Å². The molecule has 0 aromatic carbocycles. The molecule has 9 heteroatoms. The highest BCUT2D eigenvalue weighted by Gasteiger charge is 2.28. The van der Waals surface area contributed by atoms with Crippen LogP contribution in [0.5, 0.6) is 0 Å². The third kappa shape index (κ3) is 74.7. The van der Waals surface area contributed by atoms with Gasteiger partial charge in [0.25, 0.3) is 0 Å². The normalized spacial score (nSPS) is 14.1. The maximum atomic E-state index is 13.1. The predicted molar refractivity (Wildman–Crippen MR) is 401 cm³/mol. The second-order valence-corrected chi connectivity index (χ2v) is 29.2. The number of aliphatic hydroxyl groups excluding tert-OH is 1. The number of rotatable bonds is 72. The van der Waals surface area contributed by atoms with E-state index in [0.29, 0.717) is 17.4 Å². The first kappa shape index (κ1) is 88.4. The van der Waals surface area contributed by atoms with E-state index in [1.807, 2.05) is 27.2 Å². The number of phosphoric ester groups is 1. The number of carbonyl (C=O) groups excluding carboxylic acids is 1. The lowest BCUT2D eigenvalue weighted by Crippen LogP contribution is -2.45. The SMILES string of the molecule is CC/C=C\C/C=C\C/C=C\C/C=C\C/C=C\C/C=C\CCCCCCCCCCCCCCCCCCCCCCCCC(=O)NC(COP(=O)(O)OCC[N+](C)(C)C)C(O)/C=C/CC/C=C/CCCCCCCCCCCCCCCCCCCCCCCC. The number of amides is 1. The molecule has 0 bridgehead atoms. The van der Waals surface area contributed by atoms with Crippen LogP contribution in [0.4, 0.5) is 0 Å². The molecule has 530 valence electrons. The van der Waals surface area contributed by atoms with E-state index >= 15 is 0 Å². The number of nitrogens with zero attached hydrogens (tertiary/aromatic N) is 1. The molecule has 0 aromatic rings. The zero-order valence-corrected chi connectivity index (χ0v) is 61.7. The van der Waals surface area contributed by atoms with E-state index in [-0.39, 0.29) is 19.1 Å². The minimum atomic E-state index is -4.37. The molecule has 0 aliphatic rings. The smallest absolute Gasteiger partial charge is 0.387 e. The molecule has 0 heterocycles. The fourth-order valence-corrected chi connectivity index (χ4v) is 12.3. The summed E-state index contributed by atoms with van der Waals surface area (Å²) in [5, 5.41) is 14.0. The Hall–Kier alpha value is -2.58. The van der Waals surface area contributed by atoms with Gasteiger partial charge in [-0.3, -0.25) is 13.8 Å². The van der Waals surface area contributed by atoms with Gasteiger partial charge in [-0.15, -0.1) is 0 Å². The highest BCUT2D eigenvalue weighted by atomic mass is 31.2. The van der Waals surface area contributed by atoms with Gasteiger partial charge in [-0.05, 0) is 83.5 Å². The average Bonchev–Trinajstić information content (AvgIpc) is 3.59. The van der Waals surface area contributed by atoms with Crippen molar-refractivity contribution in [1.82, 2.24) is 5.32 Å². The summed E-state index contributed by atoms with van der Waals surface area (Å²) in [6.07, 6.45) is 105. The number of nitrogens with one attached hydrogen (secondary N) is 1. The van der Waals surface area contributed by atoms with Crippen LogP contribution in [0.2, 0.25) is 0 Å². The van der Waals surface area contributed by atoms with Gasteiger partial charge in [0.15, 0.2) is 0 Å². The Morgan fingerprint density at radius 1 is 0.385 bits per heavy atom. The molecule has 3 unspecified atom stereocenters. The number of hydrogen-bond donors (Lipinski definition) is 3. The summed E-state index contributed by atoms with van der Waals surface area (Å²) >= 11 is 0. The first-order valence-electron chi connectivity index (χ1n) is 39.1. The quantitative estimate of drug-likeness (QED) is 0.0243. The zero-order chi connectivity index (χ0) is 66.2. The van der Waals surface area contributed by atoms with Crippen molar-refractivity contribution in [3.8, 4) is 0 Å². The number of hydrogen-bond acceptors (Lipinski definition) is 5. The molecule has 3 atom stereocenters. The number of allylic oxidation sites excluding steroid dienone is 15. The van der Waals surface area contributed by atoms with E-state index in [4.69, 9.17) is 9.05 Å². The van der Waals surface area contributed by atoms with Crippen molar-refractivity contribution in [3.05, 3.63) is 97.2 Å². The van der Waals surface area contributed by atoms with Crippen molar-refractivity contribution in [1.29, 1.82) is 0 Å². The molecule has 0 rings (SSSR count). The second kappa shape index (κ2) is 71.7. The predicted octanol–water partition coefficient (Wildman–Crippen LogP) is 25.6. The molecular weight excluding hydrogens is 1140 g/mol. The van der Waals surface area contributed by atoms with Crippen LogP contribution in [0, 0.1) is 0 Å². The molecular formula is C82H152N2O6P+. The van der Waals surface area contributed by atoms with Crippen molar-refractivity contribution in [2.45, 2.75) is 379 Å². The number of quaternary nitrogens is 1. The largest absolute Gasteiger partial charge is 0.472 e. The standard InChI is InChI=1S/C82H151N2O6P/c1-6-8-10-12-14-16-18-20-22-24-26-28-30-32-34-36-37-38-39-40-41-42-43-44-45-46-47-48-50-52-54-56-58-60-62-64-66-68-70-72-74-76-82(86)83-80(79-90-91(87,88)89-78-77-84(3,4)5)81(85)75-73-71-69-67-65-63-61-59-57-55-53-51-49-35-33-31-29-27-25-23-21-19-17-15-13-11-9-7-2/h8,10,14,16,20,22,26,28,32,34,37-38,65,67,73,75,80-81,85H,6-7,9,11-13,15,17-19,21,23-25,27,29-31,33,35-36,39-64,66,68-72,74,76-79H2,1-5H3,(H-,83,86,87,88)/p+1/b10-8-,16-14-,22-20-,28-26-,34-32-,38-37-,67-65+,75-73+. The average molecular weight is 1290 g/mol. The van der Waals surface area contributed by atoms with Crippen LogP contribution in [0.3, 0.4) is 0 Å².